The number of thiocarbonyl (C=S) groups is 1. The molecule has 1 aliphatic heterocycles. The summed E-state index contributed by atoms with van der Waals surface area (Å²) in [5, 5.41) is 3.45. The van der Waals surface area contributed by atoms with Crippen molar-refractivity contribution in [2.45, 2.75) is 19.8 Å². The minimum atomic E-state index is -0.0507. The maximum atomic E-state index is 12.1. The zero-order valence-corrected chi connectivity index (χ0v) is 11.0. The molecule has 2 rings (SSSR count). The second-order valence-electron chi connectivity index (χ2n) is 4.08. The van der Waals surface area contributed by atoms with Crippen molar-refractivity contribution in [1.29, 1.82) is 0 Å². The fourth-order valence-electron chi connectivity index (χ4n) is 1.72. The van der Waals surface area contributed by atoms with E-state index in [1.165, 1.54) is 0 Å². The van der Waals surface area contributed by atoms with Gasteiger partial charge < -0.3 is 5.32 Å². The van der Waals surface area contributed by atoms with Crippen LogP contribution < -0.4 is 5.32 Å². The lowest BCUT2D eigenvalue weighted by atomic mass is 10.2. The summed E-state index contributed by atoms with van der Waals surface area (Å²) in [5.74, 6) is -0.0507. The average Bonchev–Trinajstić information content (AvgIpc) is 2.64. The van der Waals surface area contributed by atoms with Gasteiger partial charge in [0.25, 0.3) is 5.91 Å². The second kappa shape index (κ2) is 5.73. The van der Waals surface area contributed by atoms with Crippen LogP contribution >= 0.6 is 12.2 Å². The molecule has 0 radical (unpaired) electrons. The van der Waals surface area contributed by atoms with Crippen molar-refractivity contribution in [3.63, 3.8) is 0 Å². The molecule has 1 N–H and O–H groups in total. The summed E-state index contributed by atoms with van der Waals surface area (Å²) in [5.41, 5.74) is 1.46. The Labute approximate surface area is 112 Å². The van der Waals surface area contributed by atoms with Crippen LogP contribution in [0.25, 0.3) is 6.08 Å². The van der Waals surface area contributed by atoms with E-state index >= 15 is 0 Å². The molecule has 0 unspecified atom stereocenters. The fraction of sp³-hybridized carbons (Fsp3) is 0.308. The van der Waals surface area contributed by atoms with Crippen molar-refractivity contribution in [2.24, 2.45) is 0 Å². The minimum Gasteiger partial charge on any atom is -0.328 e. The largest absolute Gasteiger partial charge is 0.328 e. The van der Waals surface area contributed by atoms with Gasteiger partial charge in [0.05, 0.1) is 0 Å². The van der Waals surface area contributed by atoms with Crippen molar-refractivity contribution < 1.29 is 4.79 Å². The quantitative estimate of drug-likeness (QED) is 0.664. The van der Waals surface area contributed by atoms with Gasteiger partial charge in [-0.1, -0.05) is 13.3 Å². The Bertz CT molecular complexity index is 484. The molecule has 1 aliphatic rings. The number of rotatable bonds is 4. The van der Waals surface area contributed by atoms with Gasteiger partial charge in [0.15, 0.2) is 5.11 Å². The van der Waals surface area contributed by atoms with Crippen molar-refractivity contribution in [1.82, 2.24) is 15.2 Å². The van der Waals surface area contributed by atoms with Gasteiger partial charge in [-0.3, -0.25) is 14.7 Å². The van der Waals surface area contributed by atoms with Crippen LogP contribution in [-0.2, 0) is 4.79 Å². The smallest absolute Gasteiger partial charge is 0.276 e. The molecular formula is C13H15N3OS. The van der Waals surface area contributed by atoms with Gasteiger partial charge in [-0.25, -0.2) is 0 Å². The highest BCUT2D eigenvalue weighted by Gasteiger charge is 2.29. The number of amides is 1. The maximum Gasteiger partial charge on any atom is 0.276 e. The summed E-state index contributed by atoms with van der Waals surface area (Å²) in [6.45, 7) is 2.76. The van der Waals surface area contributed by atoms with Gasteiger partial charge in [0.1, 0.15) is 5.70 Å². The van der Waals surface area contributed by atoms with Crippen LogP contribution in [0.5, 0.6) is 0 Å². The third kappa shape index (κ3) is 2.73. The lowest BCUT2D eigenvalue weighted by Crippen LogP contribution is -2.31. The Hall–Kier alpha value is -1.75. The molecule has 0 aromatic carbocycles. The minimum absolute atomic E-state index is 0.0507. The molecule has 5 heteroatoms. The normalized spacial score (nSPS) is 17.4. The van der Waals surface area contributed by atoms with Crippen molar-refractivity contribution >= 4 is 29.3 Å². The topological polar surface area (TPSA) is 45.2 Å². The number of nitrogens with one attached hydrogen (secondary N) is 1. The van der Waals surface area contributed by atoms with Gasteiger partial charge in [-0.2, -0.15) is 0 Å². The molecule has 1 aromatic rings. The van der Waals surface area contributed by atoms with Gasteiger partial charge in [0, 0.05) is 18.9 Å². The predicted octanol–water partition coefficient (Wildman–Crippen LogP) is 1.94. The Kier molecular flexibility index (Phi) is 4.04. The first-order valence-electron chi connectivity index (χ1n) is 5.97. The number of hydrogen-bond donors (Lipinski definition) is 1. The molecule has 1 fully saturated rings. The van der Waals surface area contributed by atoms with E-state index in [0.29, 0.717) is 17.4 Å². The second-order valence-corrected chi connectivity index (χ2v) is 4.47. The SMILES string of the molecule is CCCCN1C(=O)/C(=C/c2ccncc2)NC1=S. The summed E-state index contributed by atoms with van der Waals surface area (Å²) in [7, 11) is 0. The first-order valence-corrected chi connectivity index (χ1v) is 6.37. The number of aromatic nitrogens is 1. The summed E-state index contributed by atoms with van der Waals surface area (Å²) in [6.07, 6.45) is 7.17. The van der Waals surface area contributed by atoms with E-state index in [4.69, 9.17) is 12.2 Å². The molecule has 0 aliphatic carbocycles. The Balaban J connectivity index is 2.15. The third-order valence-electron chi connectivity index (χ3n) is 2.71. The molecule has 94 valence electrons. The zero-order valence-electron chi connectivity index (χ0n) is 10.2. The number of unbranched alkanes of at least 4 members (excludes halogenated alkanes) is 1. The molecule has 1 aromatic heterocycles. The van der Waals surface area contributed by atoms with Crippen LogP contribution in [0.3, 0.4) is 0 Å². The molecule has 0 atom stereocenters. The lowest BCUT2D eigenvalue weighted by Gasteiger charge is -2.12. The van der Waals surface area contributed by atoms with Crippen LogP contribution in [0, 0.1) is 0 Å². The summed E-state index contributed by atoms with van der Waals surface area (Å²) >= 11 is 5.16. The molecule has 1 saturated heterocycles. The highest BCUT2D eigenvalue weighted by Crippen LogP contribution is 2.14. The van der Waals surface area contributed by atoms with Gasteiger partial charge >= 0.3 is 0 Å². The molecule has 0 spiro atoms. The monoisotopic (exact) mass is 261 g/mol. The van der Waals surface area contributed by atoms with Gasteiger partial charge in [-0.15, -0.1) is 0 Å². The first kappa shape index (κ1) is 12.7. The zero-order chi connectivity index (χ0) is 13.0. The molecule has 4 nitrogen and oxygen atoms in total. The number of hydrogen-bond acceptors (Lipinski definition) is 3. The van der Waals surface area contributed by atoms with Crippen LogP contribution in [-0.4, -0.2) is 27.4 Å². The summed E-state index contributed by atoms with van der Waals surface area (Å²) in [4.78, 5) is 17.7. The van der Waals surface area contributed by atoms with E-state index in [0.717, 1.165) is 18.4 Å². The van der Waals surface area contributed by atoms with Crippen molar-refractivity contribution in [3.05, 3.63) is 35.8 Å². The van der Waals surface area contributed by atoms with Crippen LogP contribution in [0.1, 0.15) is 25.3 Å². The van der Waals surface area contributed by atoms with Gasteiger partial charge in [-0.05, 0) is 42.4 Å². The predicted molar refractivity (Wildman–Crippen MR) is 74.6 cm³/mol. The summed E-state index contributed by atoms with van der Waals surface area (Å²) < 4.78 is 0. The van der Waals surface area contributed by atoms with E-state index in [-0.39, 0.29) is 5.91 Å². The standard InChI is InChI=1S/C13H15N3OS/c1-2-3-8-16-12(17)11(15-13(16)18)9-10-4-6-14-7-5-10/h4-7,9H,2-3,8H2,1H3,(H,15,18)/b11-9-. The number of nitrogens with zero attached hydrogens (tertiary/aromatic N) is 2. The van der Waals surface area contributed by atoms with E-state index in [9.17, 15) is 4.79 Å². The van der Waals surface area contributed by atoms with E-state index in [1.807, 2.05) is 12.1 Å². The Morgan fingerprint density at radius 3 is 2.83 bits per heavy atom. The van der Waals surface area contributed by atoms with Crippen LogP contribution in [0.15, 0.2) is 30.2 Å². The van der Waals surface area contributed by atoms with Crippen LogP contribution in [0.4, 0.5) is 0 Å². The van der Waals surface area contributed by atoms with E-state index in [1.54, 1.807) is 23.4 Å². The molecule has 1 amide bonds. The van der Waals surface area contributed by atoms with E-state index in [2.05, 4.69) is 17.2 Å². The van der Waals surface area contributed by atoms with Crippen molar-refractivity contribution in [3.8, 4) is 0 Å². The van der Waals surface area contributed by atoms with E-state index < -0.39 is 0 Å². The average molecular weight is 261 g/mol. The highest BCUT2D eigenvalue weighted by atomic mass is 32.1. The molecular weight excluding hydrogens is 246 g/mol. The third-order valence-corrected chi connectivity index (χ3v) is 3.04. The molecule has 18 heavy (non-hydrogen) atoms. The fourth-order valence-corrected chi connectivity index (χ4v) is 2.00. The number of carbonyl (C=O) groups is 1. The van der Waals surface area contributed by atoms with Crippen LogP contribution in [0.2, 0.25) is 0 Å². The molecule has 0 bridgehead atoms. The van der Waals surface area contributed by atoms with Crippen molar-refractivity contribution in [2.75, 3.05) is 6.54 Å². The first-order chi connectivity index (χ1) is 8.72. The summed E-state index contributed by atoms with van der Waals surface area (Å²) in [6, 6.07) is 3.69. The maximum absolute atomic E-state index is 12.1. The molecule has 2 heterocycles. The molecule has 0 saturated carbocycles. The lowest BCUT2D eigenvalue weighted by molar-refractivity contribution is -0.122. The Morgan fingerprint density at radius 2 is 2.17 bits per heavy atom. The van der Waals surface area contributed by atoms with Gasteiger partial charge in [0.2, 0.25) is 0 Å². The Morgan fingerprint density at radius 1 is 1.44 bits per heavy atom. The highest BCUT2D eigenvalue weighted by molar-refractivity contribution is 7.80. The number of carbonyl (C=O) groups excluding carboxylic acids is 1. The number of pyridine rings is 1.